The van der Waals surface area contributed by atoms with Gasteiger partial charge in [-0.3, -0.25) is 9.80 Å². The Morgan fingerprint density at radius 2 is 0.769 bits per heavy atom. The summed E-state index contributed by atoms with van der Waals surface area (Å²) in [5.41, 5.74) is 0. The zero-order valence-electron chi connectivity index (χ0n) is 51.4. The molecule has 0 saturated heterocycles. The summed E-state index contributed by atoms with van der Waals surface area (Å²) in [7, 11) is 0. The van der Waals surface area contributed by atoms with Gasteiger partial charge < -0.3 is 14.3 Å². The van der Waals surface area contributed by atoms with Crippen molar-refractivity contribution in [2.24, 2.45) is 76.9 Å². The number of nitrogens with zero attached hydrogens (tertiary/aromatic N) is 4. The SMILES string of the molecule is [C-]#[N+]C1CCC(C2CC(N(C3CCC(C)CC3)C3CCC(OCCCCCCCC)CC3)C3CCC4C(C5CCC(C#N)CC5)CC(N(C5CCC(C)CC5)C5CCC(OCCCCCCCC)CC5)C5CCC2C3C45)CC1. The Labute approximate surface area is 481 Å². The molecule has 10 fully saturated rings. The molecule has 0 bridgehead atoms. The number of hydrogen-bond donors (Lipinski definition) is 0. The fraction of sp³-hybridized carbons (Fsp3) is 0.972. The second-order valence-electron chi connectivity index (χ2n) is 30.2. The van der Waals surface area contributed by atoms with Crippen LogP contribution in [0.4, 0.5) is 0 Å². The van der Waals surface area contributed by atoms with Gasteiger partial charge in [0.1, 0.15) is 0 Å². The number of hydrogen-bond acceptors (Lipinski definition) is 5. The minimum Gasteiger partial charge on any atom is -0.378 e. The number of unbranched alkanes of at least 4 members (excludes halogenated alkanes) is 10. The molecule has 10 aliphatic rings. The lowest BCUT2D eigenvalue weighted by Crippen LogP contribution is -2.67. The minimum atomic E-state index is 0.272. The van der Waals surface area contributed by atoms with E-state index in [-0.39, 0.29) is 12.0 Å². The second-order valence-corrected chi connectivity index (χ2v) is 30.2. The van der Waals surface area contributed by atoms with Gasteiger partial charge in [-0.05, 0) is 264 Å². The fourth-order valence-corrected chi connectivity index (χ4v) is 21.6. The van der Waals surface area contributed by atoms with Crippen molar-refractivity contribution in [1.82, 2.24) is 9.80 Å². The zero-order valence-corrected chi connectivity index (χ0v) is 51.4. The predicted octanol–water partition coefficient (Wildman–Crippen LogP) is 19.0. The average Bonchev–Trinajstić information content (AvgIpc) is 3.54. The lowest BCUT2D eigenvalue weighted by Gasteiger charge is -2.68. The Hall–Kier alpha value is -1.18. The highest BCUT2D eigenvalue weighted by atomic mass is 16.5. The van der Waals surface area contributed by atoms with Gasteiger partial charge in [0.25, 0.3) is 0 Å². The third-order valence-corrected chi connectivity index (χ3v) is 25.7. The van der Waals surface area contributed by atoms with Gasteiger partial charge >= 0.3 is 0 Å². The normalized spacial score (nSPS) is 43.1. The first-order valence-corrected chi connectivity index (χ1v) is 35.9. The number of nitriles is 1. The van der Waals surface area contributed by atoms with Gasteiger partial charge in [0.15, 0.2) is 0 Å². The molecule has 0 amide bonds. The maximum absolute atomic E-state index is 10.2. The van der Waals surface area contributed by atoms with Crippen molar-refractivity contribution >= 4 is 0 Å². The van der Waals surface area contributed by atoms with Crippen molar-refractivity contribution in [2.45, 2.75) is 352 Å². The van der Waals surface area contributed by atoms with E-state index in [2.05, 4.69) is 48.4 Å². The molecule has 442 valence electrons. The molecule has 0 aromatic rings. The van der Waals surface area contributed by atoms with E-state index in [0.29, 0.717) is 12.2 Å². The number of ether oxygens (including phenoxy) is 2. The topological polar surface area (TPSA) is 53.1 Å². The molecule has 0 spiro atoms. The lowest BCUT2D eigenvalue weighted by atomic mass is 9.41. The lowest BCUT2D eigenvalue weighted by molar-refractivity contribution is -0.190. The molecule has 0 aliphatic heterocycles. The summed E-state index contributed by atoms with van der Waals surface area (Å²) in [5, 5.41) is 10.2. The highest BCUT2D eigenvalue weighted by molar-refractivity contribution is 5.14. The van der Waals surface area contributed by atoms with E-state index in [9.17, 15) is 5.26 Å². The van der Waals surface area contributed by atoms with Crippen molar-refractivity contribution in [3.8, 4) is 6.07 Å². The summed E-state index contributed by atoms with van der Waals surface area (Å²) in [6.07, 6.45) is 57.9. The van der Waals surface area contributed by atoms with Crippen LogP contribution in [-0.2, 0) is 9.47 Å². The molecule has 6 nitrogen and oxygen atoms in total. The molecule has 78 heavy (non-hydrogen) atoms. The summed E-state index contributed by atoms with van der Waals surface area (Å²) in [6.45, 7) is 19.9. The van der Waals surface area contributed by atoms with E-state index in [0.717, 1.165) is 146 Å². The molecule has 10 atom stereocenters. The molecule has 0 aromatic carbocycles. The van der Waals surface area contributed by atoms with Crippen LogP contribution in [0.15, 0.2) is 0 Å². The Balaban J connectivity index is 0.951. The van der Waals surface area contributed by atoms with Crippen LogP contribution in [0.2, 0.25) is 0 Å². The van der Waals surface area contributed by atoms with Gasteiger partial charge in [0.05, 0.1) is 18.3 Å². The molecule has 10 unspecified atom stereocenters. The van der Waals surface area contributed by atoms with Crippen LogP contribution in [0.5, 0.6) is 0 Å². The van der Waals surface area contributed by atoms with E-state index < -0.39 is 0 Å². The molecule has 0 heterocycles. The van der Waals surface area contributed by atoms with E-state index in [1.807, 2.05) is 0 Å². The highest BCUT2D eigenvalue weighted by Gasteiger charge is 2.63. The van der Waals surface area contributed by atoms with Crippen LogP contribution in [0.1, 0.15) is 297 Å². The van der Waals surface area contributed by atoms with Crippen LogP contribution in [0.25, 0.3) is 4.85 Å². The first kappa shape index (κ1) is 60.0. The maximum atomic E-state index is 10.2. The first-order chi connectivity index (χ1) is 38.3. The molecule has 10 saturated carbocycles. The molecule has 0 aromatic heterocycles. The van der Waals surface area contributed by atoms with E-state index >= 15 is 0 Å². The summed E-state index contributed by atoms with van der Waals surface area (Å²) < 4.78 is 13.6. The van der Waals surface area contributed by atoms with Crippen molar-refractivity contribution in [3.05, 3.63) is 11.4 Å². The molecular weight excluding hydrogens is 953 g/mol. The van der Waals surface area contributed by atoms with Gasteiger partial charge in [-0.15, -0.1) is 0 Å². The summed E-state index contributed by atoms with van der Waals surface area (Å²) >= 11 is 0. The molecule has 0 radical (unpaired) electrons. The van der Waals surface area contributed by atoms with Gasteiger partial charge in [-0.1, -0.05) is 91.9 Å². The van der Waals surface area contributed by atoms with E-state index in [1.54, 1.807) is 0 Å². The highest BCUT2D eigenvalue weighted by Crippen LogP contribution is 2.67. The Morgan fingerprint density at radius 3 is 1.15 bits per heavy atom. The summed E-state index contributed by atoms with van der Waals surface area (Å²) in [5.74, 6) is 10.6. The first-order valence-electron chi connectivity index (χ1n) is 35.9. The maximum Gasteiger partial charge on any atom is 0.223 e. The molecule has 10 aliphatic carbocycles. The van der Waals surface area contributed by atoms with Crippen molar-refractivity contribution in [1.29, 1.82) is 5.26 Å². The second kappa shape index (κ2) is 30.1. The third kappa shape index (κ3) is 14.7. The average molecular weight is 1080 g/mol. The van der Waals surface area contributed by atoms with Crippen LogP contribution in [0.3, 0.4) is 0 Å². The van der Waals surface area contributed by atoms with Gasteiger partial charge in [0.2, 0.25) is 6.04 Å². The smallest absolute Gasteiger partial charge is 0.223 e. The van der Waals surface area contributed by atoms with Crippen LogP contribution in [0, 0.1) is 94.8 Å². The van der Waals surface area contributed by atoms with Crippen LogP contribution in [-0.4, -0.2) is 77.5 Å². The van der Waals surface area contributed by atoms with Crippen molar-refractivity contribution < 1.29 is 9.47 Å². The quantitative estimate of drug-likeness (QED) is 0.0712. The molecular formula is C72H122N4O2. The Morgan fingerprint density at radius 1 is 0.410 bits per heavy atom. The largest absolute Gasteiger partial charge is 0.378 e. The number of rotatable bonds is 24. The fourth-order valence-electron chi connectivity index (χ4n) is 21.6. The van der Waals surface area contributed by atoms with Crippen molar-refractivity contribution in [2.75, 3.05) is 13.2 Å². The third-order valence-electron chi connectivity index (χ3n) is 25.7. The van der Waals surface area contributed by atoms with E-state index in [1.165, 1.54) is 244 Å². The monoisotopic (exact) mass is 1070 g/mol. The predicted molar refractivity (Wildman–Crippen MR) is 324 cm³/mol. The molecule has 0 N–H and O–H groups in total. The van der Waals surface area contributed by atoms with Gasteiger partial charge in [-0.2, -0.15) is 5.26 Å². The van der Waals surface area contributed by atoms with Crippen LogP contribution < -0.4 is 0 Å². The summed E-state index contributed by atoms with van der Waals surface area (Å²) in [4.78, 5) is 11.1. The Kier molecular flexibility index (Phi) is 23.1. The molecule has 6 heteroatoms. The van der Waals surface area contributed by atoms with Crippen molar-refractivity contribution in [3.63, 3.8) is 0 Å². The zero-order chi connectivity index (χ0) is 53.8. The van der Waals surface area contributed by atoms with Crippen LogP contribution >= 0.6 is 0 Å². The Bertz CT molecular complexity index is 1660. The molecule has 10 rings (SSSR count). The standard InChI is InChI=1S/C72H122N4O2/c1-6-8-10-12-14-16-46-77-61-38-34-59(35-39-61)75(57-30-18-51(3)19-31-57)69-48-67(54-24-22-53(50-73)23-25-54)63-42-44-66-70(49-68(55-26-28-56(74-5)29-27-55)64-43-45-65(69)71(63)72(64)66)76(58-32-20-52(4)21-33-58)60-36-40-62(41-37-60)78-47-17-15-13-11-9-7-2/h51-72H,6-49H2,1-4H3. The van der Waals surface area contributed by atoms with E-state index in [4.69, 9.17) is 16.0 Å². The van der Waals surface area contributed by atoms with Gasteiger partial charge in [-0.25, -0.2) is 6.57 Å². The minimum absolute atomic E-state index is 0.272. The van der Waals surface area contributed by atoms with Gasteiger partial charge in [0, 0.05) is 68.2 Å². The summed E-state index contributed by atoms with van der Waals surface area (Å²) in [6, 6.07) is 7.51.